The molecule has 0 saturated heterocycles. The van der Waals surface area contributed by atoms with Gasteiger partial charge in [-0.2, -0.15) is 0 Å². The molecular weight excluding hydrogens is 344 g/mol. The Bertz CT molecular complexity index is 998. The molecule has 0 aliphatic carbocycles. The number of hydrogen-bond donors (Lipinski definition) is 3. The molecule has 3 N–H and O–H groups in total. The maximum Gasteiger partial charge on any atom is 0.252 e. The van der Waals surface area contributed by atoms with Crippen molar-refractivity contribution in [3.63, 3.8) is 0 Å². The van der Waals surface area contributed by atoms with Crippen molar-refractivity contribution in [1.29, 1.82) is 0 Å². The number of nitrogens with one attached hydrogen (secondary N) is 2. The average molecular weight is 364 g/mol. The molecule has 3 aromatic rings. The lowest BCUT2D eigenvalue weighted by atomic mass is 9.99. The Balaban J connectivity index is 1.46. The average Bonchev–Trinajstić information content (AvgIpc) is 3.18. The number of imidazole rings is 1. The number of aliphatic hydroxyl groups is 1. The van der Waals surface area contributed by atoms with Crippen LogP contribution in [0.15, 0.2) is 48.8 Å². The van der Waals surface area contributed by atoms with Crippen LogP contribution >= 0.6 is 0 Å². The summed E-state index contributed by atoms with van der Waals surface area (Å²) in [6.45, 7) is 0.610. The van der Waals surface area contributed by atoms with Gasteiger partial charge in [0.1, 0.15) is 6.04 Å². The number of benzene rings is 2. The fourth-order valence-electron chi connectivity index (χ4n) is 3.41. The third-order valence-corrected chi connectivity index (χ3v) is 4.91. The molecule has 0 bridgehead atoms. The number of aliphatic hydroxyl groups excluding tert-OH is 1. The molecule has 7 heteroatoms. The number of rotatable bonds is 4. The molecule has 27 heavy (non-hydrogen) atoms. The van der Waals surface area contributed by atoms with E-state index in [0.717, 1.165) is 23.0 Å². The van der Waals surface area contributed by atoms with Crippen LogP contribution in [0.1, 0.15) is 21.5 Å². The van der Waals surface area contributed by atoms with Gasteiger partial charge in [0.15, 0.2) is 0 Å². The fraction of sp³-hybridized carbons (Fsp3) is 0.250. The summed E-state index contributed by atoms with van der Waals surface area (Å²) in [4.78, 5) is 34.1. The number of fused-ring (bicyclic) bond motifs is 2. The Morgan fingerprint density at radius 2 is 2.04 bits per heavy atom. The number of carbonyl (C=O) groups excluding carboxylic acids is 2. The highest BCUT2D eigenvalue weighted by atomic mass is 16.3. The van der Waals surface area contributed by atoms with E-state index < -0.39 is 18.6 Å². The molecular formula is C20H20N4O3. The third kappa shape index (κ3) is 3.41. The smallest absolute Gasteiger partial charge is 0.252 e. The van der Waals surface area contributed by atoms with Gasteiger partial charge in [0.05, 0.1) is 24.0 Å². The molecule has 1 aromatic heterocycles. The van der Waals surface area contributed by atoms with Crippen LogP contribution in [0.25, 0.3) is 11.0 Å². The van der Waals surface area contributed by atoms with Gasteiger partial charge in [0.25, 0.3) is 5.91 Å². The summed E-state index contributed by atoms with van der Waals surface area (Å²) in [5, 5.41) is 12.3. The van der Waals surface area contributed by atoms with Crippen LogP contribution in [-0.4, -0.2) is 51.0 Å². The normalized spacial score (nSPS) is 14.6. The van der Waals surface area contributed by atoms with Gasteiger partial charge in [0.2, 0.25) is 5.91 Å². The summed E-state index contributed by atoms with van der Waals surface area (Å²) in [5.74, 6) is -0.681. The number of H-pyrrole nitrogens is 1. The molecule has 1 atom stereocenters. The highest BCUT2D eigenvalue weighted by molar-refractivity contribution is 5.99. The van der Waals surface area contributed by atoms with E-state index in [9.17, 15) is 14.7 Å². The molecule has 2 amide bonds. The van der Waals surface area contributed by atoms with Gasteiger partial charge in [-0.3, -0.25) is 9.59 Å². The molecule has 138 valence electrons. The maximum atomic E-state index is 12.8. The highest BCUT2D eigenvalue weighted by Gasteiger charge is 2.28. The lowest BCUT2D eigenvalue weighted by molar-refractivity contribution is -0.135. The number of nitrogens with zero attached hydrogens (tertiary/aromatic N) is 2. The quantitative estimate of drug-likeness (QED) is 0.649. The summed E-state index contributed by atoms with van der Waals surface area (Å²) in [6.07, 6.45) is 2.32. The molecule has 2 heterocycles. The third-order valence-electron chi connectivity index (χ3n) is 4.91. The summed E-state index contributed by atoms with van der Waals surface area (Å²) in [5.41, 5.74) is 4.24. The number of amides is 2. The highest BCUT2D eigenvalue weighted by Crippen LogP contribution is 2.19. The van der Waals surface area contributed by atoms with Gasteiger partial charge >= 0.3 is 0 Å². The van der Waals surface area contributed by atoms with Crippen LogP contribution in [0.2, 0.25) is 0 Å². The van der Waals surface area contributed by atoms with E-state index >= 15 is 0 Å². The van der Waals surface area contributed by atoms with Crippen LogP contribution in [-0.2, 0) is 17.8 Å². The van der Waals surface area contributed by atoms with E-state index in [0.29, 0.717) is 18.7 Å². The Kier molecular flexibility index (Phi) is 4.60. The lowest BCUT2D eigenvalue weighted by Crippen LogP contribution is -2.51. The Hall–Kier alpha value is -3.19. The van der Waals surface area contributed by atoms with Crippen molar-refractivity contribution in [3.05, 3.63) is 65.5 Å². The fourth-order valence-corrected chi connectivity index (χ4v) is 3.41. The molecule has 0 spiro atoms. The Labute approximate surface area is 156 Å². The largest absolute Gasteiger partial charge is 0.394 e. The minimum Gasteiger partial charge on any atom is -0.394 e. The first kappa shape index (κ1) is 17.2. The molecule has 1 aliphatic heterocycles. The number of aromatic nitrogens is 2. The van der Waals surface area contributed by atoms with Gasteiger partial charge in [-0.25, -0.2) is 4.98 Å². The summed E-state index contributed by atoms with van der Waals surface area (Å²) < 4.78 is 0. The second-order valence-corrected chi connectivity index (χ2v) is 6.62. The zero-order chi connectivity index (χ0) is 18.8. The summed E-state index contributed by atoms with van der Waals surface area (Å²) in [7, 11) is 0. The van der Waals surface area contributed by atoms with Gasteiger partial charge in [0, 0.05) is 18.7 Å². The monoisotopic (exact) mass is 364 g/mol. The SMILES string of the molecule is O=C(NC(CO)C(=O)N1CCc2ccccc2C1)c1ccc2nc[nH]c2c1. The maximum absolute atomic E-state index is 12.8. The van der Waals surface area contributed by atoms with Gasteiger partial charge < -0.3 is 20.3 Å². The van der Waals surface area contributed by atoms with Crippen LogP contribution in [0.3, 0.4) is 0 Å². The van der Waals surface area contributed by atoms with Crippen molar-refractivity contribution in [2.24, 2.45) is 0 Å². The molecule has 7 nitrogen and oxygen atoms in total. The molecule has 0 fully saturated rings. The van der Waals surface area contributed by atoms with Gasteiger partial charge in [-0.1, -0.05) is 24.3 Å². The second-order valence-electron chi connectivity index (χ2n) is 6.62. The Morgan fingerprint density at radius 3 is 2.85 bits per heavy atom. The summed E-state index contributed by atoms with van der Waals surface area (Å²) in [6, 6.07) is 12.1. The van der Waals surface area contributed by atoms with E-state index in [1.54, 1.807) is 29.4 Å². The van der Waals surface area contributed by atoms with Crippen molar-refractivity contribution < 1.29 is 14.7 Å². The van der Waals surface area contributed by atoms with Gasteiger partial charge in [-0.05, 0) is 35.7 Å². The molecule has 2 aromatic carbocycles. The number of hydrogen-bond acceptors (Lipinski definition) is 4. The first-order valence-corrected chi connectivity index (χ1v) is 8.86. The van der Waals surface area contributed by atoms with Crippen molar-refractivity contribution in [3.8, 4) is 0 Å². The van der Waals surface area contributed by atoms with E-state index in [4.69, 9.17) is 0 Å². The van der Waals surface area contributed by atoms with Crippen molar-refractivity contribution in [1.82, 2.24) is 20.2 Å². The van der Waals surface area contributed by atoms with E-state index in [2.05, 4.69) is 21.4 Å². The minimum atomic E-state index is -0.972. The van der Waals surface area contributed by atoms with Crippen LogP contribution in [0, 0.1) is 0 Å². The van der Waals surface area contributed by atoms with Crippen LogP contribution in [0.5, 0.6) is 0 Å². The Morgan fingerprint density at radius 1 is 1.22 bits per heavy atom. The van der Waals surface area contributed by atoms with Gasteiger partial charge in [-0.15, -0.1) is 0 Å². The standard InChI is InChI=1S/C20H20N4O3/c25-11-18(20(27)24-8-7-13-3-1-2-4-15(13)10-24)23-19(26)14-5-6-16-17(9-14)22-12-21-16/h1-6,9,12,18,25H,7-8,10-11H2,(H,21,22)(H,23,26). The predicted molar refractivity (Wildman–Crippen MR) is 100.0 cm³/mol. The zero-order valence-electron chi connectivity index (χ0n) is 14.7. The number of carbonyl (C=O) groups is 2. The molecule has 1 unspecified atom stereocenters. The van der Waals surface area contributed by atoms with E-state index in [1.807, 2.05) is 18.2 Å². The molecule has 1 aliphatic rings. The zero-order valence-corrected chi connectivity index (χ0v) is 14.7. The van der Waals surface area contributed by atoms with Crippen LogP contribution < -0.4 is 5.32 Å². The molecule has 4 rings (SSSR count). The molecule has 0 radical (unpaired) electrons. The first-order valence-electron chi connectivity index (χ1n) is 8.86. The topological polar surface area (TPSA) is 98.3 Å². The van der Waals surface area contributed by atoms with Crippen molar-refractivity contribution in [2.45, 2.75) is 19.0 Å². The molecule has 0 saturated carbocycles. The van der Waals surface area contributed by atoms with Crippen molar-refractivity contribution in [2.75, 3.05) is 13.2 Å². The van der Waals surface area contributed by atoms with E-state index in [1.165, 1.54) is 5.56 Å². The van der Waals surface area contributed by atoms with Crippen LogP contribution in [0.4, 0.5) is 0 Å². The lowest BCUT2D eigenvalue weighted by Gasteiger charge is -2.31. The predicted octanol–water partition coefficient (Wildman–Crippen LogP) is 1.24. The summed E-state index contributed by atoms with van der Waals surface area (Å²) >= 11 is 0. The van der Waals surface area contributed by atoms with E-state index in [-0.39, 0.29) is 5.91 Å². The number of aromatic amines is 1. The first-order chi connectivity index (χ1) is 13.2. The minimum absolute atomic E-state index is 0.275. The second kappa shape index (κ2) is 7.20. The van der Waals surface area contributed by atoms with Crippen molar-refractivity contribution >= 4 is 22.8 Å².